The van der Waals surface area contributed by atoms with Crippen molar-refractivity contribution < 1.29 is 9.47 Å². The normalized spacial score (nSPS) is 41.7. The van der Waals surface area contributed by atoms with Gasteiger partial charge in [0.25, 0.3) is 0 Å². The zero-order valence-corrected chi connectivity index (χ0v) is 6.96. The van der Waals surface area contributed by atoms with Gasteiger partial charge in [0.2, 0.25) is 0 Å². The largest absolute Gasteiger partial charge is 0.373 e. The van der Waals surface area contributed by atoms with Crippen molar-refractivity contribution >= 4 is 0 Å². The van der Waals surface area contributed by atoms with Crippen LogP contribution in [0.15, 0.2) is 0 Å². The summed E-state index contributed by atoms with van der Waals surface area (Å²) < 4.78 is 11.1. The van der Waals surface area contributed by atoms with Crippen molar-refractivity contribution in [3.05, 3.63) is 0 Å². The Morgan fingerprint density at radius 2 is 2.10 bits per heavy atom. The van der Waals surface area contributed by atoms with Gasteiger partial charge in [-0.25, -0.2) is 0 Å². The number of hydrogen-bond acceptors (Lipinski definition) is 2. The van der Waals surface area contributed by atoms with Crippen molar-refractivity contribution in [2.75, 3.05) is 6.61 Å². The Bertz CT molecular complexity index is 103. The quantitative estimate of drug-likeness (QED) is 0.556. The Labute approximate surface area is 62.5 Å². The molecule has 2 nitrogen and oxygen atoms in total. The predicted molar refractivity (Wildman–Crippen MR) is 40.0 cm³/mol. The molecule has 0 amide bonds. The molecule has 10 heavy (non-hydrogen) atoms. The summed E-state index contributed by atoms with van der Waals surface area (Å²) in [5.74, 6) is 0. The van der Waals surface area contributed by atoms with Gasteiger partial charge in [0, 0.05) is 0 Å². The van der Waals surface area contributed by atoms with Gasteiger partial charge in [0.05, 0.1) is 24.9 Å². The fraction of sp³-hybridized carbons (Fsp3) is 1.00. The van der Waals surface area contributed by atoms with E-state index in [0.29, 0.717) is 6.10 Å². The van der Waals surface area contributed by atoms with Gasteiger partial charge in [-0.15, -0.1) is 0 Å². The molecule has 0 aromatic carbocycles. The van der Waals surface area contributed by atoms with E-state index in [1.54, 1.807) is 0 Å². The molecule has 0 aromatic rings. The van der Waals surface area contributed by atoms with E-state index in [1.165, 1.54) is 0 Å². The molecule has 0 aliphatic carbocycles. The first-order valence-corrected chi connectivity index (χ1v) is 4.01. The van der Waals surface area contributed by atoms with Gasteiger partial charge in [0.1, 0.15) is 0 Å². The Morgan fingerprint density at radius 3 is 2.60 bits per heavy atom. The molecule has 0 radical (unpaired) electrons. The van der Waals surface area contributed by atoms with Gasteiger partial charge in [-0.1, -0.05) is 6.92 Å². The lowest BCUT2D eigenvalue weighted by molar-refractivity contribution is -0.168. The molecule has 0 saturated carbocycles. The number of rotatable bonds is 1. The van der Waals surface area contributed by atoms with Gasteiger partial charge in [0.15, 0.2) is 0 Å². The topological polar surface area (TPSA) is 18.5 Å². The maximum absolute atomic E-state index is 5.56. The average Bonchev–Trinajstić information content (AvgIpc) is 1.88. The van der Waals surface area contributed by atoms with E-state index >= 15 is 0 Å². The van der Waals surface area contributed by atoms with Crippen LogP contribution >= 0.6 is 0 Å². The Morgan fingerprint density at radius 1 is 1.40 bits per heavy atom. The maximum Gasteiger partial charge on any atom is 0.0832 e. The van der Waals surface area contributed by atoms with Crippen LogP contribution in [0, 0.1) is 0 Å². The molecular weight excluding hydrogens is 128 g/mol. The van der Waals surface area contributed by atoms with Crippen LogP contribution in [0.25, 0.3) is 0 Å². The average molecular weight is 144 g/mol. The highest BCUT2D eigenvalue weighted by atomic mass is 16.6. The minimum absolute atomic E-state index is 0.272. The molecule has 60 valence electrons. The first-order chi connectivity index (χ1) is 4.74. The van der Waals surface area contributed by atoms with E-state index in [4.69, 9.17) is 9.47 Å². The molecular formula is C8H16O2. The van der Waals surface area contributed by atoms with Crippen LogP contribution in [0.2, 0.25) is 0 Å². The summed E-state index contributed by atoms with van der Waals surface area (Å²) in [5.41, 5.74) is 0. The summed E-state index contributed by atoms with van der Waals surface area (Å²) >= 11 is 0. The molecule has 1 heterocycles. The van der Waals surface area contributed by atoms with Crippen LogP contribution in [0.1, 0.15) is 27.2 Å². The van der Waals surface area contributed by atoms with Crippen molar-refractivity contribution in [3.8, 4) is 0 Å². The molecule has 0 aromatic heterocycles. The zero-order chi connectivity index (χ0) is 7.56. The van der Waals surface area contributed by atoms with Crippen LogP contribution < -0.4 is 0 Å². The Hall–Kier alpha value is -0.0800. The molecule has 1 aliphatic heterocycles. The van der Waals surface area contributed by atoms with Gasteiger partial charge in [-0.05, 0) is 20.3 Å². The fourth-order valence-electron chi connectivity index (χ4n) is 1.34. The summed E-state index contributed by atoms with van der Waals surface area (Å²) in [7, 11) is 0. The van der Waals surface area contributed by atoms with Crippen molar-refractivity contribution in [2.24, 2.45) is 0 Å². The monoisotopic (exact) mass is 144 g/mol. The Kier molecular flexibility index (Phi) is 2.69. The molecule has 1 aliphatic rings. The lowest BCUT2D eigenvalue weighted by atomic mass is 10.1. The van der Waals surface area contributed by atoms with Crippen molar-refractivity contribution in [2.45, 2.75) is 45.5 Å². The lowest BCUT2D eigenvalue weighted by Crippen LogP contribution is -2.40. The molecule has 0 spiro atoms. The fourth-order valence-corrected chi connectivity index (χ4v) is 1.34. The second kappa shape index (κ2) is 3.35. The lowest BCUT2D eigenvalue weighted by Gasteiger charge is -2.32. The SMILES string of the molecule is CCC1OCC(C)OC1C. The second-order valence-electron chi connectivity index (χ2n) is 2.93. The van der Waals surface area contributed by atoms with E-state index < -0.39 is 0 Å². The van der Waals surface area contributed by atoms with Crippen LogP contribution in [0.4, 0.5) is 0 Å². The first-order valence-electron chi connectivity index (χ1n) is 4.01. The summed E-state index contributed by atoms with van der Waals surface area (Å²) in [6.45, 7) is 7.00. The summed E-state index contributed by atoms with van der Waals surface area (Å²) in [6, 6.07) is 0. The Balaban J connectivity index is 2.36. The number of hydrogen-bond donors (Lipinski definition) is 0. The highest BCUT2D eigenvalue weighted by Crippen LogP contribution is 2.16. The molecule has 1 rings (SSSR count). The smallest absolute Gasteiger partial charge is 0.0832 e. The maximum atomic E-state index is 5.56. The molecule has 2 heteroatoms. The molecule has 1 saturated heterocycles. The summed E-state index contributed by atoms with van der Waals surface area (Å²) in [5, 5.41) is 0. The molecule has 0 N–H and O–H groups in total. The second-order valence-corrected chi connectivity index (χ2v) is 2.93. The van der Waals surface area contributed by atoms with E-state index in [9.17, 15) is 0 Å². The van der Waals surface area contributed by atoms with Crippen LogP contribution in [0.3, 0.4) is 0 Å². The third-order valence-electron chi connectivity index (χ3n) is 1.92. The zero-order valence-electron chi connectivity index (χ0n) is 6.96. The van der Waals surface area contributed by atoms with E-state index in [0.717, 1.165) is 13.0 Å². The third kappa shape index (κ3) is 1.70. The minimum atomic E-state index is 0.272. The summed E-state index contributed by atoms with van der Waals surface area (Å²) in [6.07, 6.45) is 1.91. The van der Waals surface area contributed by atoms with E-state index in [-0.39, 0.29) is 12.2 Å². The molecule has 1 fully saturated rings. The first kappa shape index (κ1) is 8.02. The highest BCUT2D eigenvalue weighted by molar-refractivity contribution is 4.70. The van der Waals surface area contributed by atoms with Crippen LogP contribution in [0.5, 0.6) is 0 Å². The minimum Gasteiger partial charge on any atom is -0.373 e. The standard InChI is InChI=1S/C8H16O2/c1-4-8-7(3)10-6(2)5-9-8/h6-8H,4-5H2,1-3H3. The van der Waals surface area contributed by atoms with Crippen molar-refractivity contribution in [1.82, 2.24) is 0 Å². The van der Waals surface area contributed by atoms with Crippen LogP contribution in [-0.2, 0) is 9.47 Å². The van der Waals surface area contributed by atoms with Gasteiger partial charge in [-0.3, -0.25) is 0 Å². The van der Waals surface area contributed by atoms with Crippen molar-refractivity contribution in [3.63, 3.8) is 0 Å². The predicted octanol–water partition coefficient (Wildman–Crippen LogP) is 1.59. The number of ether oxygens (including phenoxy) is 2. The molecule has 0 bridgehead atoms. The van der Waals surface area contributed by atoms with E-state index in [1.807, 2.05) is 6.92 Å². The van der Waals surface area contributed by atoms with E-state index in [2.05, 4.69) is 13.8 Å². The molecule has 3 atom stereocenters. The van der Waals surface area contributed by atoms with Gasteiger partial charge in [-0.2, -0.15) is 0 Å². The van der Waals surface area contributed by atoms with Crippen molar-refractivity contribution in [1.29, 1.82) is 0 Å². The van der Waals surface area contributed by atoms with Gasteiger partial charge < -0.3 is 9.47 Å². The molecule has 3 unspecified atom stereocenters. The summed E-state index contributed by atoms with van der Waals surface area (Å²) in [4.78, 5) is 0. The van der Waals surface area contributed by atoms with Crippen LogP contribution in [-0.4, -0.2) is 24.9 Å². The van der Waals surface area contributed by atoms with Gasteiger partial charge >= 0.3 is 0 Å². The highest BCUT2D eigenvalue weighted by Gasteiger charge is 2.24. The third-order valence-corrected chi connectivity index (χ3v) is 1.92.